The Kier molecular flexibility index (Phi) is 6.22. The van der Waals surface area contributed by atoms with Crippen LogP contribution in [0.2, 0.25) is 0 Å². The number of anilines is 1. The van der Waals surface area contributed by atoms with Crippen molar-refractivity contribution in [3.05, 3.63) is 18.1 Å². The highest BCUT2D eigenvalue weighted by atomic mass is 15.1. The Morgan fingerprint density at radius 3 is 2.37 bits per heavy atom. The van der Waals surface area contributed by atoms with E-state index in [0.717, 1.165) is 24.5 Å². The first-order valence-corrected chi connectivity index (χ1v) is 7.11. The molecule has 1 aromatic rings. The second-order valence-electron chi connectivity index (χ2n) is 6.22. The molecule has 108 valence electrons. The van der Waals surface area contributed by atoms with Crippen LogP contribution in [0.3, 0.4) is 0 Å². The van der Waals surface area contributed by atoms with Crippen LogP contribution in [-0.2, 0) is 0 Å². The van der Waals surface area contributed by atoms with Gasteiger partial charge in [0.05, 0.1) is 0 Å². The lowest BCUT2D eigenvalue weighted by Crippen LogP contribution is -2.33. The highest BCUT2D eigenvalue weighted by Crippen LogP contribution is 2.16. The first-order chi connectivity index (χ1) is 8.88. The van der Waals surface area contributed by atoms with Gasteiger partial charge in [0, 0.05) is 24.3 Å². The van der Waals surface area contributed by atoms with Gasteiger partial charge in [0.25, 0.3) is 0 Å². The van der Waals surface area contributed by atoms with E-state index in [-0.39, 0.29) is 0 Å². The van der Waals surface area contributed by atoms with Crippen molar-refractivity contribution < 1.29 is 0 Å². The fourth-order valence-electron chi connectivity index (χ4n) is 2.17. The summed E-state index contributed by atoms with van der Waals surface area (Å²) in [6.45, 7) is 9.82. The van der Waals surface area contributed by atoms with Gasteiger partial charge in [-0.05, 0) is 32.4 Å². The molecule has 0 aliphatic rings. The van der Waals surface area contributed by atoms with Crippen LogP contribution in [0.25, 0.3) is 0 Å². The Bertz CT molecular complexity index is 364. The van der Waals surface area contributed by atoms with Crippen LogP contribution in [-0.4, -0.2) is 41.5 Å². The molecule has 1 atom stereocenters. The smallest absolute Gasteiger partial charge is 0.129 e. The molecule has 1 aromatic heterocycles. The molecular weight excluding hydrogens is 236 g/mol. The fourth-order valence-corrected chi connectivity index (χ4v) is 2.17. The summed E-state index contributed by atoms with van der Waals surface area (Å²) in [5.41, 5.74) is 1.09. The van der Waals surface area contributed by atoms with Crippen molar-refractivity contribution in [2.24, 2.45) is 5.92 Å². The molecule has 0 aromatic carbocycles. The van der Waals surface area contributed by atoms with E-state index < -0.39 is 0 Å². The zero-order valence-corrected chi connectivity index (χ0v) is 13.1. The molecule has 4 nitrogen and oxygen atoms in total. The largest absolute Gasteiger partial charge is 0.366 e. The van der Waals surface area contributed by atoms with Crippen molar-refractivity contribution in [3.8, 4) is 0 Å². The van der Waals surface area contributed by atoms with E-state index in [1.165, 1.54) is 0 Å². The van der Waals surface area contributed by atoms with Gasteiger partial charge in [0.2, 0.25) is 0 Å². The van der Waals surface area contributed by atoms with Crippen molar-refractivity contribution in [1.29, 1.82) is 0 Å². The predicted molar refractivity (Wildman–Crippen MR) is 81.5 cm³/mol. The molecule has 1 heterocycles. The van der Waals surface area contributed by atoms with Crippen molar-refractivity contribution in [1.82, 2.24) is 14.9 Å². The molecule has 1 N–H and O–H groups in total. The van der Waals surface area contributed by atoms with Crippen molar-refractivity contribution in [2.45, 2.75) is 46.1 Å². The normalized spacial score (nSPS) is 13.3. The summed E-state index contributed by atoms with van der Waals surface area (Å²) in [7, 11) is 4.21. The van der Waals surface area contributed by atoms with E-state index in [4.69, 9.17) is 0 Å². The number of nitrogens with one attached hydrogen (secondary N) is 1. The van der Waals surface area contributed by atoms with Crippen LogP contribution in [0.4, 0.5) is 5.82 Å². The van der Waals surface area contributed by atoms with Gasteiger partial charge in [-0.1, -0.05) is 27.7 Å². The molecule has 0 amide bonds. The molecule has 0 fully saturated rings. The quantitative estimate of drug-likeness (QED) is 0.822. The van der Waals surface area contributed by atoms with Crippen molar-refractivity contribution >= 4 is 5.82 Å². The molecule has 4 heteroatoms. The maximum absolute atomic E-state index is 4.34. The minimum absolute atomic E-state index is 0.421. The monoisotopic (exact) mass is 264 g/mol. The molecule has 0 bridgehead atoms. The lowest BCUT2D eigenvalue weighted by atomic mass is 10.0. The number of likely N-dealkylation sites (N-methyl/N-ethyl adjacent to an activating group) is 1. The average molecular weight is 264 g/mol. The average Bonchev–Trinajstić information content (AvgIpc) is 2.27. The third kappa shape index (κ3) is 6.01. The summed E-state index contributed by atoms with van der Waals surface area (Å²) in [4.78, 5) is 10.9. The van der Waals surface area contributed by atoms with E-state index in [2.05, 4.69) is 68.0 Å². The summed E-state index contributed by atoms with van der Waals surface area (Å²) >= 11 is 0. The summed E-state index contributed by atoms with van der Waals surface area (Å²) in [6, 6.07) is 2.48. The number of aromatic nitrogens is 2. The Hall–Kier alpha value is -1.16. The van der Waals surface area contributed by atoms with Gasteiger partial charge < -0.3 is 10.2 Å². The van der Waals surface area contributed by atoms with Crippen LogP contribution in [0, 0.1) is 5.92 Å². The highest BCUT2D eigenvalue weighted by Gasteiger charge is 2.13. The SMILES string of the molecule is CC(C)CC(CN(C)C)Nc1cc(C(C)C)ncn1. The molecule has 0 aliphatic heterocycles. The maximum atomic E-state index is 4.34. The predicted octanol–water partition coefficient (Wildman–Crippen LogP) is 2.99. The number of rotatable bonds is 7. The maximum Gasteiger partial charge on any atom is 0.129 e. The van der Waals surface area contributed by atoms with E-state index in [1.54, 1.807) is 6.33 Å². The molecule has 1 unspecified atom stereocenters. The van der Waals surface area contributed by atoms with E-state index in [0.29, 0.717) is 17.9 Å². The molecule has 19 heavy (non-hydrogen) atoms. The minimum Gasteiger partial charge on any atom is -0.366 e. The van der Waals surface area contributed by atoms with Gasteiger partial charge in [-0.3, -0.25) is 0 Å². The fraction of sp³-hybridized carbons (Fsp3) is 0.733. The van der Waals surface area contributed by atoms with Crippen LogP contribution in [0.1, 0.15) is 45.7 Å². The molecule has 0 aliphatic carbocycles. The zero-order chi connectivity index (χ0) is 14.4. The van der Waals surface area contributed by atoms with Crippen LogP contribution >= 0.6 is 0 Å². The first-order valence-electron chi connectivity index (χ1n) is 7.11. The van der Waals surface area contributed by atoms with Gasteiger partial charge in [-0.15, -0.1) is 0 Å². The zero-order valence-electron chi connectivity index (χ0n) is 13.1. The standard InChI is InChI=1S/C15H28N4/c1-11(2)7-13(9-19(5)6)18-15-8-14(12(3)4)16-10-17-15/h8,10-13H,7,9H2,1-6H3,(H,16,17,18). The third-order valence-electron chi connectivity index (χ3n) is 2.97. The van der Waals surface area contributed by atoms with Crippen LogP contribution in [0.15, 0.2) is 12.4 Å². The molecule has 0 saturated heterocycles. The molecule has 0 saturated carbocycles. The second-order valence-corrected chi connectivity index (χ2v) is 6.22. The van der Waals surface area contributed by atoms with E-state index >= 15 is 0 Å². The molecule has 0 radical (unpaired) electrons. The highest BCUT2D eigenvalue weighted by molar-refractivity contribution is 5.36. The van der Waals surface area contributed by atoms with Gasteiger partial charge in [-0.2, -0.15) is 0 Å². The Balaban J connectivity index is 2.74. The van der Waals surface area contributed by atoms with Crippen molar-refractivity contribution in [3.63, 3.8) is 0 Å². The number of hydrogen-bond acceptors (Lipinski definition) is 4. The lowest BCUT2D eigenvalue weighted by molar-refractivity contribution is 0.356. The Morgan fingerprint density at radius 2 is 1.84 bits per heavy atom. The molecule has 1 rings (SSSR count). The summed E-state index contributed by atoms with van der Waals surface area (Å²) in [5.74, 6) is 2.04. The summed E-state index contributed by atoms with van der Waals surface area (Å²) < 4.78 is 0. The Labute approximate surface area is 117 Å². The minimum atomic E-state index is 0.421. The molecule has 0 spiro atoms. The van der Waals surface area contributed by atoms with Crippen molar-refractivity contribution in [2.75, 3.05) is 26.0 Å². The topological polar surface area (TPSA) is 41.0 Å². The Morgan fingerprint density at radius 1 is 1.16 bits per heavy atom. The number of nitrogens with zero attached hydrogens (tertiary/aromatic N) is 3. The van der Waals surface area contributed by atoms with E-state index in [9.17, 15) is 0 Å². The van der Waals surface area contributed by atoms with Gasteiger partial charge in [0.15, 0.2) is 0 Å². The van der Waals surface area contributed by atoms with Gasteiger partial charge >= 0.3 is 0 Å². The van der Waals surface area contributed by atoms with Gasteiger partial charge in [-0.25, -0.2) is 9.97 Å². The summed E-state index contributed by atoms with van der Waals surface area (Å²) in [5, 5.41) is 3.54. The first kappa shape index (κ1) is 15.9. The lowest BCUT2D eigenvalue weighted by Gasteiger charge is -2.24. The number of hydrogen-bond donors (Lipinski definition) is 1. The van der Waals surface area contributed by atoms with Gasteiger partial charge in [0.1, 0.15) is 12.1 Å². The summed E-state index contributed by atoms with van der Waals surface area (Å²) in [6.07, 6.45) is 2.79. The van der Waals surface area contributed by atoms with Crippen LogP contribution in [0.5, 0.6) is 0 Å². The van der Waals surface area contributed by atoms with Crippen LogP contribution < -0.4 is 5.32 Å². The second kappa shape index (κ2) is 7.43. The third-order valence-corrected chi connectivity index (χ3v) is 2.97. The van der Waals surface area contributed by atoms with E-state index in [1.807, 2.05) is 0 Å². The molecular formula is C15H28N4.